The Labute approximate surface area is 254 Å². The Hall–Kier alpha value is -0.780. The first-order valence-electron chi connectivity index (χ1n) is 16.5. The molecular formula is C32H58N2O7S. The van der Waals surface area contributed by atoms with Crippen LogP contribution in [-0.4, -0.2) is 96.5 Å². The van der Waals surface area contributed by atoms with Crippen molar-refractivity contribution in [3.05, 3.63) is 0 Å². The van der Waals surface area contributed by atoms with E-state index in [4.69, 9.17) is 0 Å². The summed E-state index contributed by atoms with van der Waals surface area (Å²) in [7, 11) is -0.177. The predicted octanol–water partition coefficient (Wildman–Crippen LogP) is 2.88. The summed E-state index contributed by atoms with van der Waals surface area (Å²) >= 11 is 0. The zero-order valence-electron chi connectivity index (χ0n) is 26.6. The van der Waals surface area contributed by atoms with Gasteiger partial charge >= 0.3 is 0 Å². The van der Waals surface area contributed by atoms with Gasteiger partial charge in [0.05, 0.1) is 55.6 Å². The van der Waals surface area contributed by atoms with Crippen LogP contribution in [-0.2, 0) is 14.9 Å². The molecule has 4 N–H and O–H groups in total. The second kappa shape index (κ2) is 12.9. The summed E-state index contributed by atoms with van der Waals surface area (Å²) in [6.45, 7) is 8.78. The van der Waals surface area contributed by atoms with Crippen LogP contribution in [0.2, 0.25) is 0 Å². The largest absolute Gasteiger partial charge is 0.748 e. The number of hydrogen-bond donors (Lipinski definition) is 4. The second-order valence-electron chi connectivity index (χ2n) is 15.7. The monoisotopic (exact) mass is 614 g/mol. The van der Waals surface area contributed by atoms with Crippen molar-refractivity contribution in [2.24, 2.45) is 46.3 Å². The number of hydrogen-bond acceptors (Lipinski definition) is 7. The lowest BCUT2D eigenvalue weighted by atomic mass is 9.43. The summed E-state index contributed by atoms with van der Waals surface area (Å²) in [5.74, 6) is 1.38. The lowest BCUT2D eigenvalue weighted by molar-refractivity contribution is -0.890. The number of fused-ring (bicyclic) bond motifs is 5. The van der Waals surface area contributed by atoms with Gasteiger partial charge in [0, 0.05) is 31.6 Å². The molecule has 244 valence electrons. The van der Waals surface area contributed by atoms with Crippen LogP contribution in [0.1, 0.15) is 91.4 Å². The van der Waals surface area contributed by atoms with Crippen LogP contribution >= 0.6 is 0 Å². The first-order chi connectivity index (χ1) is 19.5. The van der Waals surface area contributed by atoms with Gasteiger partial charge in [-0.15, -0.1) is 0 Å². The third kappa shape index (κ3) is 7.20. The number of carbonyl (C=O) groups excluding carboxylic acids is 1. The highest BCUT2D eigenvalue weighted by atomic mass is 32.2. The fourth-order valence-corrected chi connectivity index (χ4v) is 10.8. The van der Waals surface area contributed by atoms with Crippen LogP contribution < -0.4 is 5.32 Å². The first kappa shape index (κ1) is 34.1. The van der Waals surface area contributed by atoms with E-state index in [1.54, 1.807) is 0 Å². The molecule has 1 unspecified atom stereocenters. The summed E-state index contributed by atoms with van der Waals surface area (Å²) in [6.07, 6.45) is 7.35. The highest BCUT2D eigenvalue weighted by Gasteiger charge is 2.65. The van der Waals surface area contributed by atoms with Gasteiger partial charge in [0.2, 0.25) is 5.91 Å². The number of aliphatic hydroxyl groups excluding tert-OH is 3. The number of carbonyl (C=O) groups is 1. The number of amides is 1. The van der Waals surface area contributed by atoms with Gasteiger partial charge in [-0.1, -0.05) is 20.8 Å². The Kier molecular flexibility index (Phi) is 10.5. The lowest BCUT2D eigenvalue weighted by Gasteiger charge is -2.63. The van der Waals surface area contributed by atoms with Crippen molar-refractivity contribution < 1.29 is 37.6 Å². The number of aliphatic hydroxyl groups is 3. The Morgan fingerprint density at radius 2 is 1.71 bits per heavy atom. The number of rotatable bonds is 12. The van der Waals surface area contributed by atoms with E-state index in [-0.39, 0.29) is 52.5 Å². The third-order valence-electron chi connectivity index (χ3n) is 12.8. The van der Waals surface area contributed by atoms with Crippen LogP contribution in [0, 0.1) is 46.3 Å². The van der Waals surface area contributed by atoms with Gasteiger partial charge in [-0.2, -0.15) is 0 Å². The molecule has 0 aromatic carbocycles. The van der Waals surface area contributed by atoms with E-state index in [1.165, 1.54) is 0 Å². The Bertz CT molecular complexity index is 1050. The minimum absolute atomic E-state index is 0.0368. The lowest BCUT2D eigenvalue weighted by Crippen LogP contribution is -2.62. The van der Waals surface area contributed by atoms with Crippen molar-refractivity contribution in [1.82, 2.24) is 5.32 Å². The molecule has 0 saturated heterocycles. The van der Waals surface area contributed by atoms with Crippen molar-refractivity contribution >= 4 is 16.0 Å². The van der Waals surface area contributed by atoms with E-state index in [0.717, 1.165) is 64.3 Å². The standard InChI is InChI=1S/C32H58N2O7S/c1-21(8-11-29(38)33-14-6-15-34(4,5)16-7-17-42(39,40)41)24-9-10-25-30-26(20-28(37)32(24,25)3)31(2)13-12-23(35)18-22(31)19-27(30)36/h21-28,30,35-37H,6-20H2,1-5H3,(H-,33,38,39,40,41)/t21-,22+,23-,24-,25+,26-,27-,28+,30?,31+,32-/m1/s1. The van der Waals surface area contributed by atoms with Crippen molar-refractivity contribution in [2.75, 3.05) is 39.5 Å². The van der Waals surface area contributed by atoms with Gasteiger partial charge in [-0.05, 0) is 97.7 Å². The molecule has 42 heavy (non-hydrogen) atoms. The summed E-state index contributed by atoms with van der Waals surface area (Å²) in [5.41, 5.74) is -0.191. The SMILES string of the molecule is C[C@H](CCC(=O)NCCC[N+](C)(C)CCCS(=O)(=O)[O-])[C@H]1CC[C@H]2C3[C@H](O)C[C@@H]4C[C@H](O)CC[C@]4(C)[C@@H]3C[C@H](O)[C@]12C. The summed E-state index contributed by atoms with van der Waals surface area (Å²) in [4.78, 5) is 12.7. The maximum absolute atomic E-state index is 12.7. The zero-order chi connectivity index (χ0) is 31.1. The summed E-state index contributed by atoms with van der Waals surface area (Å²) in [5, 5.41) is 36.6. The predicted molar refractivity (Wildman–Crippen MR) is 161 cm³/mol. The van der Waals surface area contributed by atoms with Crippen LogP contribution in [0.5, 0.6) is 0 Å². The molecule has 0 aliphatic heterocycles. The van der Waals surface area contributed by atoms with Crippen LogP contribution in [0.15, 0.2) is 0 Å². The quantitative estimate of drug-likeness (QED) is 0.150. The average molecular weight is 615 g/mol. The molecule has 4 aliphatic carbocycles. The maximum atomic E-state index is 12.7. The van der Waals surface area contributed by atoms with E-state index in [9.17, 15) is 33.1 Å². The molecule has 4 aliphatic rings. The van der Waals surface area contributed by atoms with E-state index < -0.39 is 16.2 Å². The van der Waals surface area contributed by atoms with Crippen molar-refractivity contribution in [2.45, 2.75) is 110 Å². The van der Waals surface area contributed by atoms with E-state index in [1.807, 2.05) is 14.1 Å². The normalized spacial score (nSPS) is 41.0. The van der Waals surface area contributed by atoms with E-state index >= 15 is 0 Å². The molecule has 1 amide bonds. The highest BCUT2D eigenvalue weighted by Crippen LogP contribution is 2.68. The van der Waals surface area contributed by atoms with Crippen molar-refractivity contribution in [1.29, 1.82) is 0 Å². The van der Waals surface area contributed by atoms with Crippen molar-refractivity contribution in [3.63, 3.8) is 0 Å². The molecule has 0 spiro atoms. The molecule has 0 radical (unpaired) electrons. The smallest absolute Gasteiger partial charge is 0.220 e. The molecule has 10 heteroatoms. The Morgan fingerprint density at radius 3 is 2.40 bits per heavy atom. The van der Waals surface area contributed by atoms with Gasteiger partial charge in [0.15, 0.2) is 0 Å². The minimum Gasteiger partial charge on any atom is -0.748 e. The molecule has 0 aromatic rings. The van der Waals surface area contributed by atoms with E-state index in [2.05, 4.69) is 26.1 Å². The molecule has 0 bridgehead atoms. The molecule has 4 rings (SSSR count). The van der Waals surface area contributed by atoms with Crippen LogP contribution in [0.3, 0.4) is 0 Å². The summed E-state index contributed by atoms with van der Waals surface area (Å²) < 4.78 is 33.1. The fourth-order valence-electron chi connectivity index (χ4n) is 10.3. The first-order valence-corrected chi connectivity index (χ1v) is 18.1. The molecule has 0 heterocycles. The van der Waals surface area contributed by atoms with Gasteiger partial charge in [-0.25, -0.2) is 8.42 Å². The van der Waals surface area contributed by atoms with Crippen LogP contribution in [0.25, 0.3) is 0 Å². The van der Waals surface area contributed by atoms with Crippen LogP contribution in [0.4, 0.5) is 0 Å². The second-order valence-corrected chi connectivity index (χ2v) is 17.3. The molecular weight excluding hydrogens is 556 g/mol. The fraction of sp³-hybridized carbons (Fsp3) is 0.969. The number of nitrogens with zero attached hydrogens (tertiary/aromatic N) is 1. The number of nitrogens with one attached hydrogen (secondary N) is 1. The van der Waals surface area contributed by atoms with Gasteiger partial charge in [-0.3, -0.25) is 4.79 Å². The number of quaternary nitrogens is 1. The Balaban J connectivity index is 1.27. The molecule has 4 fully saturated rings. The molecule has 4 saturated carbocycles. The summed E-state index contributed by atoms with van der Waals surface area (Å²) in [6, 6.07) is 0. The molecule has 0 aromatic heterocycles. The van der Waals surface area contributed by atoms with Gasteiger partial charge in [0.25, 0.3) is 0 Å². The van der Waals surface area contributed by atoms with Gasteiger partial charge < -0.3 is 29.7 Å². The topological polar surface area (TPSA) is 147 Å². The highest BCUT2D eigenvalue weighted by molar-refractivity contribution is 7.85. The van der Waals surface area contributed by atoms with Crippen molar-refractivity contribution in [3.8, 4) is 0 Å². The zero-order valence-corrected chi connectivity index (χ0v) is 27.4. The Morgan fingerprint density at radius 1 is 1.02 bits per heavy atom. The average Bonchev–Trinajstić information content (AvgIpc) is 3.24. The maximum Gasteiger partial charge on any atom is 0.220 e. The van der Waals surface area contributed by atoms with Gasteiger partial charge in [0.1, 0.15) is 0 Å². The molecule has 9 nitrogen and oxygen atoms in total. The minimum atomic E-state index is -4.18. The molecule has 11 atom stereocenters. The third-order valence-corrected chi connectivity index (χ3v) is 13.6. The van der Waals surface area contributed by atoms with E-state index in [0.29, 0.717) is 48.2 Å².